The molecule has 1 fully saturated rings. The highest BCUT2D eigenvalue weighted by Gasteiger charge is 2.25. The summed E-state index contributed by atoms with van der Waals surface area (Å²) >= 11 is 1.17. The second-order valence-corrected chi connectivity index (χ2v) is 4.75. The summed E-state index contributed by atoms with van der Waals surface area (Å²) in [5, 5.41) is 8.43. The van der Waals surface area contributed by atoms with Gasteiger partial charge in [-0.2, -0.15) is 0 Å². The SMILES string of the molecule is CCN(CC1CC1)C(=O)CSCC(=O)O. The van der Waals surface area contributed by atoms with Crippen molar-refractivity contribution in [1.82, 2.24) is 4.90 Å². The Labute approximate surface area is 94.0 Å². The number of amides is 1. The standard InChI is InChI=1S/C10H17NO3S/c1-2-11(5-8-3-4-8)9(12)6-15-7-10(13)14/h8H,2-7H2,1H3,(H,13,14). The number of carbonyl (C=O) groups excluding carboxylic acids is 1. The topological polar surface area (TPSA) is 57.6 Å². The maximum atomic E-state index is 11.6. The van der Waals surface area contributed by atoms with Gasteiger partial charge in [0, 0.05) is 13.1 Å². The smallest absolute Gasteiger partial charge is 0.313 e. The van der Waals surface area contributed by atoms with Crippen molar-refractivity contribution in [3.8, 4) is 0 Å². The number of hydrogen-bond acceptors (Lipinski definition) is 3. The summed E-state index contributed by atoms with van der Waals surface area (Å²) < 4.78 is 0. The van der Waals surface area contributed by atoms with Crippen LogP contribution >= 0.6 is 11.8 Å². The maximum Gasteiger partial charge on any atom is 0.313 e. The van der Waals surface area contributed by atoms with E-state index < -0.39 is 5.97 Å². The maximum absolute atomic E-state index is 11.6. The zero-order valence-corrected chi connectivity index (χ0v) is 9.76. The van der Waals surface area contributed by atoms with E-state index in [1.807, 2.05) is 11.8 Å². The normalized spacial score (nSPS) is 15.0. The number of carbonyl (C=O) groups is 2. The molecule has 0 heterocycles. The molecule has 1 saturated carbocycles. The van der Waals surface area contributed by atoms with Crippen LogP contribution in [0.2, 0.25) is 0 Å². The van der Waals surface area contributed by atoms with Gasteiger partial charge in [0.15, 0.2) is 0 Å². The molecule has 0 bridgehead atoms. The van der Waals surface area contributed by atoms with Crippen LogP contribution in [0.5, 0.6) is 0 Å². The molecule has 1 amide bonds. The highest BCUT2D eigenvalue weighted by Crippen LogP contribution is 2.29. The number of aliphatic carboxylic acids is 1. The van der Waals surface area contributed by atoms with Gasteiger partial charge in [0.05, 0.1) is 11.5 Å². The highest BCUT2D eigenvalue weighted by atomic mass is 32.2. The third-order valence-corrected chi connectivity index (χ3v) is 3.26. The van der Waals surface area contributed by atoms with Crippen LogP contribution in [0.15, 0.2) is 0 Å². The Bertz CT molecular complexity index is 241. The van der Waals surface area contributed by atoms with Crippen LogP contribution in [0.25, 0.3) is 0 Å². The number of hydrogen-bond donors (Lipinski definition) is 1. The van der Waals surface area contributed by atoms with Gasteiger partial charge < -0.3 is 10.0 Å². The minimum atomic E-state index is -0.863. The molecule has 4 nitrogen and oxygen atoms in total. The van der Waals surface area contributed by atoms with Gasteiger partial charge in [0.1, 0.15) is 0 Å². The summed E-state index contributed by atoms with van der Waals surface area (Å²) in [6.07, 6.45) is 2.46. The van der Waals surface area contributed by atoms with Gasteiger partial charge >= 0.3 is 5.97 Å². The quantitative estimate of drug-likeness (QED) is 0.712. The van der Waals surface area contributed by atoms with Gasteiger partial charge in [0.2, 0.25) is 5.91 Å². The monoisotopic (exact) mass is 231 g/mol. The van der Waals surface area contributed by atoms with Crippen LogP contribution in [0.3, 0.4) is 0 Å². The minimum Gasteiger partial charge on any atom is -0.481 e. The Morgan fingerprint density at radius 2 is 2.07 bits per heavy atom. The number of nitrogens with zero attached hydrogens (tertiary/aromatic N) is 1. The van der Waals surface area contributed by atoms with Crippen molar-refractivity contribution in [2.45, 2.75) is 19.8 Å². The molecule has 5 heteroatoms. The molecule has 0 aromatic rings. The van der Waals surface area contributed by atoms with Gasteiger partial charge in [-0.15, -0.1) is 11.8 Å². The van der Waals surface area contributed by atoms with E-state index in [9.17, 15) is 9.59 Å². The van der Waals surface area contributed by atoms with E-state index in [0.29, 0.717) is 5.92 Å². The Hall–Kier alpha value is -0.710. The first-order chi connectivity index (χ1) is 7.13. The second-order valence-electron chi connectivity index (χ2n) is 3.76. The van der Waals surface area contributed by atoms with Crippen molar-refractivity contribution in [3.63, 3.8) is 0 Å². The van der Waals surface area contributed by atoms with E-state index >= 15 is 0 Å². The van der Waals surface area contributed by atoms with E-state index in [1.165, 1.54) is 24.6 Å². The summed E-state index contributed by atoms with van der Waals surface area (Å²) in [5.74, 6) is 0.187. The largest absolute Gasteiger partial charge is 0.481 e. The number of thioether (sulfide) groups is 1. The fourth-order valence-corrected chi connectivity index (χ4v) is 1.97. The van der Waals surface area contributed by atoms with Crippen LogP contribution in [-0.2, 0) is 9.59 Å². The average molecular weight is 231 g/mol. The van der Waals surface area contributed by atoms with Gasteiger partial charge in [-0.1, -0.05) is 0 Å². The molecule has 0 aromatic heterocycles. The lowest BCUT2D eigenvalue weighted by Crippen LogP contribution is -2.34. The first-order valence-electron chi connectivity index (χ1n) is 5.20. The highest BCUT2D eigenvalue weighted by molar-refractivity contribution is 8.00. The fraction of sp³-hybridized carbons (Fsp3) is 0.800. The predicted octanol–water partition coefficient (Wildman–Crippen LogP) is 1.06. The van der Waals surface area contributed by atoms with E-state index in [2.05, 4.69) is 0 Å². The van der Waals surface area contributed by atoms with Crippen molar-refractivity contribution in [3.05, 3.63) is 0 Å². The van der Waals surface area contributed by atoms with Crippen molar-refractivity contribution >= 4 is 23.6 Å². The van der Waals surface area contributed by atoms with Crippen LogP contribution in [0, 0.1) is 5.92 Å². The number of carboxylic acids is 1. The molecule has 1 rings (SSSR count). The van der Waals surface area contributed by atoms with E-state index in [4.69, 9.17) is 5.11 Å². The van der Waals surface area contributed by atoms with Crippen molar-refractivity contribution in [1.29, 1.82) is 0 Å². The Morgan fingerprint density at radius 1 is 1.40 bits per heavy atom. The molecular weight excluding hydrogens is 214 g/mol. The lowest BCUT2D eigenvalue weighted by atomic mass is 10.3. The van der Waals surface area contributed by atoms with Gasteiger partial charge in [0.25, 0.3) is 0 Å². The summed E-state index contributed by atoms with van der Waals surface area (Å²) in [5.41, 5.74) is 0. The second kappa shape index (κ2) is 6.00. The molecule has 1 N–H and O–H groups in total. The van der Waals surface area contributed by atoms with Gasteiger partial charge in [-0.05, 0) is 25.7 Å². The molecule has 0 unspecified atom stereocenters. The van der Waals surface area contributed by atoms with Gasteiger partial charge in [-0.3, -0.25) is 9.59 Å². The van der Waals surface area contributed by atoms with Crippen molar-refractivity contribution < 1.29 is 14.7 Å². The molecule has 0 atom stereocenters. The van der Waals surface area contributed by atoms with Crippen molar-refractivity contribution in [2.75, 3.05) is 24.6 Å². The van der Waals surface area contributed by atoms with Crippen LogP contribution in [0.4, 0.5) is 0 Å². The Morgan fingerprint density at radius 3 is 2.53 bits per heavy atom. The summed E-state index contributed by atoms with van der Waals surface area (Å²) in [6, 6.07) is 0. The van der Waals surface area contributed by atoms with Crippen LogP contribution in [0.1, 0.15) is 19.8 Å². The lowest BCUT2D eigenvalue weighted by molar-refractivity contribution is -0.133. The summed E-state index contributed by atoms with van der Waals surface area (Å²) in [7, 11) is 0. The molecule has 0 saturated heterocycles. The first kappa shape index (κ1) is 12.4. The van der Waals surface area contributed by atoms with Gasteiger partial charge in [-0.25, -0.2) is 0 Å². The number of rotatable bonds is 7. The fourth-order valence-electron chi connectivity index (χ4n) is 1.34. The lowest BCUT2D eigenvalue weighted by Gasteiger charge is -2.20. The van der Waals surface area contributed by atoms with Crippen LogP contribution < -0.4 is 0 Å². The molecule has 0 radical (unpaired) electrons. The summed E-state index contributed by atoms with van der Waals surface area (Å²) in [4.78, 5) is 23.7. The first-order valence-corrected chi connectivity index (χ1v) is 6.36. The zero-order valence-electron chi connectivity index (χ0n) is 8.94. The molecule has 0 aliphatic heterocycles. The van der Waals surface area contributed by atoms with E-state index in [0.717, 1.165) is 13.1 Å². The summed E-state index contributed by atoms with van der Waals surface area (Å²) in [6.45, 7) is 3.54. The Kier molecular flexibility index (Phi) is 4.94. The molecule has 15 heavy (non-hydrogen) atoms. The molecule has 86 valence electrons. The average Bonchev–Trinajstić information content (AvgIpc) is 2.96. The minimum absolute atomic E-state index is 0.00667. The zero-order chi connectivity index (χ0) is 11.3. The van der Waals surface area contributed by atoms with E-state index in [-0.39, 0.29) is 17.4 Å². The number of carboxylic acid groups (broad SMARTS) is 1. The third-order valence-electron chi connectivity index (χ3n) is 2.36. The van der Waals surface area contributed by atoms with Crippen molar-refractivity contribution in [2.24, 2.45) is 5.92 Å². The molecule has 0 spiro atoms. The molecule has 1 aliphatic carbocycles. The molecular formula is C10H17NO3S. The third kappa shape index (κ3) is 5.06. The Balaban J connectivity index is 2.19. The molecule has 0 aromatic carbocycles. The predicted molar refractivity (Wildman–Crippen MR) is 59.9 cm³/mol. The van der Waals surface area contributed by atoms with E-state index in [1.54, 1.807) is 0 Å². The van der Waals surface area contributed by atoms with Crippen LogP contribution in [-0.4, -0.2) is 46.5 Å². The molecule has 1 aliphatic rings.